The first-order valence-corrected chi connectivity index (χ1v) is 6.86. The molecule has 0 bridgehead atoms. The van der Waals surface area contributed by atoms with Crippen LogP contribution in [0.3, 0.4) is 0 Å². The molecule has 0 spiro atoms. The summed E-state index contributed by atoms with van der Waals surface area (Å²) in [5.41, 5.74) is 1.89. The molecule has 1 aliphatic heterocycles. The average molecular weight is 317 g/mol. The van der Waals surface area contributed by atoms with Crippen molar-refractivity contribution in [1.29, 1.82) is 0 Å². The predicted octanol–water partition coefficient (Wildman–Crippen LogP) is 1.62. The molecule has 0 aliphatic carbocycles. The van der Waals surface area contributed by atoms with Crippen LogP contribution in [0.2, 0.25) is 0 Å². The average Bonchev–Trinajstić information content (AvgIpc) is 2.92. The maximum atomic E-state index is 11.9. The minimum atomic E-state index is -0.366. The molecule has 6 heteroatoms. The summed E-state index contributed by atoms with van der Waals surface area (Å²) in [5, 5.41) is 4.37. The van der Waals surface area contributed by atoms with Crippen molar-refractivity contribution < 1.29 is 14.3 Å². The summed E-state index contributed by atoms with van der Waals surface area (Å²) >= 11 is 3.51. The SMILES string of the molecule is CCc1nn(C)c(CC(=O)CC2OCCO2)c1Br. The number of halogens is 1. The lowest BCUT2D eigenvalue weighted by Gasteiger charge is -2.08. The van der Waals surface area contributed by atoms with Gasteiger partial charge in [0.15, 0.2) is 6.29 Å². The van der Waals surface area contributed by atoms with Gasteiger partial charge in [0.1, 0.15) is 5.78 Å². The van der Waals surface area contributed by atoms with Gasteiger partial charge in [-0.1, -0.05) is 6.92 Å². The maximum Gasteiger partial charge on any atom is 0.164 e. The van der Waals surface area contributed by atoms with E-state index in [0.717, 1.165) is 22.3 Å². The first kappa shape index (κ1) is 13.7. The molecule has 0 amide bonds. The number of carbonyl (C=O) groups is 1. The Balaban J connectivity index is 1.99. The van der Waals surface area contributed by atoms with E-state index in [0.29, 0.717) is 26.1 Å². The number of hydrogen-bond donors (Lipinski definition) is 0. The van der Waals surface area contributed by atoms with Crippen LogP contribution in [0.25, 0.3) is 0 Å². The van der Waals surface area contributed by atoms with Gasteiger partial charge >= 0.3 is 0 Å². The van der Waals surface area contributed by atoms with E-state index < -0.39 is 0 Å². The van der Waals surface area contributed by atoms with Crippen LogP contribution in [0.5, 0.6) is 0 Å². The molecular weight excluding hydrogens is 300 g/mol. The summed E-state index contributed by atoms with van der Waals surface area (Å²) in [6.45, 7) is 3.19. The Morgan fingerprint density at radius 1 is 1.50 bits per heavy atom. The zero-order valence-corrected chi connectivity index (χ0v) is 12.2. The lowest BCUT2D eigenvalue weighted by molar-refractivity contribution is -0.126. The molecule has 1 aromatic heterocycles. The van der Waals surface area contributed by atoms with Crippen LogP contribution >= 0.6 is 15.9 Å². The van der Waals surface area contributed by atoms with Crippen LogP contribution in [0.4, 0.5) is 0 Å². The van der Waals surface area contributed by atoms with Gasteiger partial charge in [0.2, 0.25) is 0 Å². The number of ether oxygens (including phenoxy) is 2. The number of nitrogens with zero attached hydrogens (tertiary/aromatic N) is 2. The fourth-order valence-corrected chi connectivity index (χ4v) is 2.74. The van der Waals surface area contributed by atoms with E-state index in [-0.39, 0.29) is 12.1 Å². The molecule has 1 aromatic rings. The number of aromatic nitrogens is 2. The molecule has 1 fully saturated rings. The lowest BCUT2D eigenvalue weighted by atomic mass is 10.1. The van der Waals surface area contributed by atoms with Gasteiger partial charge in [0.05, 0.1) is 35.5 Å². The second kappa shape index (κ2) is 5.95. The van der Waals surface area contributed by atoms with Gasteiger partial charge in [0.25, 0.3) is 0 Å². The molecule has 0 aromatic carbocycles. The molecular formula is C12H17BrN2O3. The van der Waals surface area contributed by atoms with E-state index >= 15 is 0 Å². The molecule has 2 rings (SSSR count). The van der Waals surface area contributed by atoms with Crippen molar-refractivity contribution in [3.8, 4) is 0 Å². The fraction of sp³-hybridized carbons (Fsp3) is 0.667. The predicted molar refractivity (Wildman–Crippen MR) is 69.3 cm³/mol. The summed E-state index contributed by atoms with van der Waals surface area (Å²) in [5.74, 6) is 0.105. The third kappa shape index (κ3) is 2.99. The molecule has 2 heterocycles. The fourth-order valence-electron chi connectivity index (χ4n) is 1.98. The third-order valence-electron chi connectivity index (χ3n) is 2.95. The Kier molecular flexibility index (Phi) is 4.53. The van der Waals surface area contributed by atoms with E-state index in [4.69, 9.17) is 9.47 Å². The number of aryl methyl sites for hydroxylation is 2. The lowest BCUT2D eigenvalue weighted by Crippen LogP contribution is -2.17. The molecule has 5 nitrogen and oxygen atoms in total. The summed E-state index contributed by atoms with van der Waals surface area (Å²) in [4.78, 5) is 11.9. The van der Waals surface area contributed by atoms with Crippen LogP contribution in [-0.2, 0) is 34.2 Å². The highest BCUT2D eigenvalue weighted by Gasteiger charge is 2.22. The zero-order valence-electron chi connectivity index (χ0n) is 10.6. The van der Waals surface area contributed by atoms with Gasteiger partial charge in [-0.25, -0.2) is 0 Å². The van der Waals surface area contributed by atoms with Crippen LogP contribution in [-0.4, -0.2) is 35.1 Å². The molecule has 0 saturated carbocycles. The Bertz CT molecular complexity index is 439. The summed E-state index contributed by atoms with van der Waals surface area (Å²) in [6.07, 6.45) is 1.14. The van der Waals surface area contributed by atoms with E-state index in [1.807, 2.05) is 14.0 Å². The van der Waals surface area contributed by atoms with Gasteiger partial charge in [-0.3, -0.25) is 9.48 Å². The van der Waals surface area contributed by atoms with Gasteiger partial charge in [-0.05, 0) is 22.4 Å². The summed E-state index contributed by atoms with van der Waals surface area (Å²) in [6, 6.07) is 0. The second-order valence-electron chi connectivity index (χ2n) is 4.28. The minimum absolute atomic E-state index is 0.105. The van der Waals surface area contributed by atoms with E-state index in [1.54, 1.807) is 4.68 Å². The highest BCUT2D eigenvalue weighted by atomic mass is 79.9. The van der Waals surface area contributed by atoms with E-state index in [1.165, 1.54) is 0 Å². The Hall–Kier alpha value is -0.720. The highest BCUT2D eigenvalue weighted by Crippen LogP contribution is 2.23. The monoisotopic (exact) mass is 316 g/mol. The molecule has 1 aliphatic rings. The zero-order chi connectivity index (χ0) is 13.1. The van der Waals surface area contributed by atoms with E-state index in [2.05, 4.69) is 21.0 Å². The highest BCUT2D eigenvalue weighted by molar-refractivity contribution is 9.10. The van der Waals surface area contributed by atoms with Gasteiger partial charge < -0.3 is 9.47 Å². The topological polar surface area (TPSA) is 53.4 Å². The van der Waals surface area contributed by atoms with Crippen molar-refractivity contribution in [3.63, 3.8) is 0 Å². The van der Waals surface area contributed by atoms with Crippen molar-refractivity contribution in [3.05, 3.63) is 15.9 Å². The number of carbonyl (C=O) groups excluding carboxylic acids is 1. The Labute approximate surface area is 115 Å². The number of ketones is 1. The summed E-state index contributed by atoms with van der Waals surface area (Å²) in [7, 11) is 1.86. The van der Waals surface area contributed by atoms with Crippen molar-refractivity contribution >= 4 is 21.7 Å². The standard InChI is InChI=1S/C12H17BrN2O3/c1-3-9-12(13)10(15(2)14-9)6-8(16)7-11-17-4-5-18-11/h11H,3-7H2,1-2H3. The maximum absolute atomic E-state index is 11.9. The number of Topliss-reactive ketones (excluding diaryl/α,β-unsaturated/α-hetero) is 1. The minimum Gasteiger partial charge on any atom is -0.350 e. The Morgan fingerprint density at radius 3 is 2.72 bits per heavy atom. The van der Waals surface area contributed by atoms with Crippen molar-refractivity contribution in [2.45, 2.75) is 32.5 Å². The van der Waals surface area contributed by atoms with Crippen LogP contribution in [0, 0.1) is 0 Å². The number of rotatable bonds is 5. The first-order valence-electron chi connectivity index (χ1n) is 6.07. The molecule has 0 unspecified atom stereocenters. The largest absolute Gasteiger partial charge is 0.350 e. The molecule has 0 radical (unpaired) electrons. The first-order chi connectivity index (χ1) is 8.61. The van der Waals surface area contributed by atoms with Crippen molar-refractivity contribution in [2.75, 3.05) is 13.2 Å². The third-order valence-corrected chi connectivity index (χ3v) is 3.87. The van der Waals surface area contributed by atoms with Gasteiger partial charge in [-0.15, -0.1) is 0 Å². The quantitative estimate of drug-likeness (QED) is 0.828. The molecule has 100 valence electrons. The van der Waals surface area contributed by atoms with Gasteiger partial charge in [0, 0.05) is 13.5 Å². The van der Waals surface area contributed by atoms with Crippen LogP contribution < -0.4 is 0 Å². The van der Waals surface area contributed by atoms with Crippen molar-refractivity contribution in [2.24, 2.45) is 7.05 Å². The number of hydrogen-bond acceptors (Lipinski definition) is 4. The smallest absolute Gasteiger partial charge is 0.164 e. The molecule has 1 saturated heterocycles. The second-order valence-corrected chi connectivity index (χ2v) is 5.07. The van der Waals surface area contributed by atoms with E-state index in [9.17, 15) is 4.79 Å². The van der Waals surface area contributed by atoms with Crippen molar-refractivity contribution in [1.82, 2.24) is 9.78 Å². The molecule has 0 atom stereocenters. The molecule has 0 N–H and O–H groups in total. The normalized spacial score (nSPS) is 16.4. The molecule has 18 heavy (non-hydrogen) atoms. The van der Waals surface area contributed by atoms with Gasteiger partial charge in [-0.2, -0.15) is 5.10 Å². The van der Waals surface area contributed by atoms with Crippen LogP contribution in [0.1, 0.15) is 24.7 Å². The summed E-state index contributed by atoms with van der Waals surface area (Å²) < 4.78 is 13.2. The Morgan fingerprint density at radius 2 is 2.17 bits per heavy atom. The van der Waals surface area contributed by atoms with Crippen LogP contribution in [0.15, 0.2) is 4.47 Å².